The van der Waals surface area contributed by atoms with Crippen molar-refractivity contribution >= 4 is 79.1 Å². The van der Waals surface area contributed by atoms with Gasteiger partial charge in [-0.25, -0.2) is 9.97 Å². The Morgan fingerprint density at radius 3 is 2.56 bits per heavy atom. The van der Waals surface area contributed by atoms with Gasteiger partial charge in [0, 0.05) is 18.3 Å². The summed E-state index contributed by atoms with van der Waals surface area (Å²) in [5, 5.41) is 3.91. The number of thiazole rings is 1. The van der Waals surface area contributed by atoms with Gasteiger partial charge in [-0.1, -0.05) is 47.1 Å². The van der Waals surface area contributed by atoms with E-state index in [4.69, 9.17) is 23.2 Å². The van der Waals surface area contributed by atoms with Crippen molar-refractivity contribution in [2.75, 3.05) is 11.1 Å². The smallest absolute Gasteiger partial charge is 0.234 e. The zero-order valence-electron chi connectivity index (χ0n) is 16.8. The van der Waals surface area contributed by atoms with Crippen molar-refractivity contribution < 1.29 is 4.79 Å². The lowest BCUT2D eigenvalue weighted by molar-refractivity contribution is -0.113. The first-order valence-electron chi connectivity index (χ1n) is 9.68. The van der Waals surface area contributed by atoms with Gasteiger partial charge in [0.05, 0.1) is 37.0 Å². The van der Waals surface area contributed by atoms with E-state index in [0.717, 1.165) is 42.7 Å². The Kier molecular flexibility index (Phi) is 5.82. The molecule has 0 aliphatic carbocycles. The van der Waals surface area contributed by atoms with Crippen molar-refractivity contribution in [3.63, 3.8) is 0 Å². The third-order valence-electron chi connectivity index (χ3n) is 4.95. The molecule has 2 heterocycles. The predicted molar refractivity (Wildman–Crippen MR) is 135 cm³/mol. The third kappa shape index (κ3) is 4.21. The summed E-state index contributed by atoms with van der Waals surface area (Å²) in [5.41, 5.74) is 4.30. The van der Waals surface area contributed by atoms with Gasteiger partial charge in [0.2, 0.25) is 5.91 Å². The number of carbonyl (C=O) groups excluding carboxylic acids is 1. The second kappa shape index (κ2) is 8.75. The van der Waals surface area contributed by atoms with Gasteiger partial charge in [0.15, 0.2) is 4.34 Å². The number of rotatable bonds is 5. The Morgan fingerprint density at radius 2 is 1.78 bits per heavy atom. The van der Waals surface area contributed by atoms with Crippen LogP contribution in [0.1, 0.15) is 0 Å². The average molecular weight is 499 g/mol. The molecule has 5 nitrogen and oxygen atoms in total. The molecule has 5 rings (SSSR count). The number of thioether (sulfide) groups is 1. The number of halogens is 2. The summed E-state index contributed by atoms with van der Waals surface area (Å²) in [5.74, 6) is 1.02. The van der Waals surface area contributed by atoms with Crippen LogP contribution in [0.4, 0.5) is 5.69 Å². The van der Waals surface area contributed by atoms with Gasteiger partial charge in [-0.3, -0.25) is 4.79 Å². The number of nitrogens with one attached hydrogen (secondary N) is 1. The summed E-state index contributed by atoms with van der Waals surface area (Å²) in [6, 6.07) is 19.1. The molecule has 1 N–H and O–H groups in total. The fraction of sp³-hybridized carbons (Fsp3) is 0.0870. The van der Waals surface area contributed by atoms with Gasteiger partial charge < -0.3 is 9.88 Å². The van der Waals surface area contributed by atoms with Gasteiger partial charge in [-0.2, -0.15) is 0 Å². The van der Waals surface area contributed by atoms with E-state index >= 15 is 0 Å². The van der Waals surface area contributed by atoms with Crippen molar-refractivity contribution in [3.05, 3.63) is 70.7 Å². The molecule has 0 aliphatic heterocycles. The zero-order valence-corrected chi connectivity index (χ0v) is 19.9. The SMILES string of the molecule is Cn1c(-c2ccc(NC(=O)CSc3nc4ccccc4s3)cc2)nc2cc(Cl)c(Cl)cc21. The molecule has 0 fully saturated rings. The van der Waals surface area contributed by atoms with Crippen LogP contribution in [0.25, 0.3) is 32.6 Å². The quantitative estimate of drug-likeness (QED) is 0.268. The Bertz CT molecular complexity index is 1430. The largest absolute Gasteiger partial charge is 0.327 e. The lowest BCUT2D eigenvalue weighted by Gasteiger charge is -2.07. The van der Waals surface area contributed by atoms with Crippen LogP contribution in [-0.4, -0.2) is 26.2 Å². The Balaban J connectivity index is 1.27. The highest BCUT2D eigenvalue weighted by Crippen LogP contribution is 2.31. The van der Waals surface area contributed by atoms with Gasteiger partial charge in [-0.05, 0) is 48.5 Å². The maximum absolute atomic E-state index is 12.4. The Hall–Kier alpha value is -2.58. The highest BCUT2D eigenvalue weighted by Gasteiger charge is 2.13. The van der Waals surface area contributed by atoms with Gasteiger partial charge in [0.25, 0.3) is 0 Å². The molecule has 0 bridgehead atoms. The first kappa shape index (κ1) is 21.3. The minimum Gasteiger partial charge on any atom is -0.327 e. The molecule has 32 heavy (non-hydrogen) atoms. The maximum atomic E-state index is 12.4. The van der Waals surface area contributed by atoms with Crippen LogP contribution in [0, 0.1) is 0 Å². The van der Waals surface area contributed by atoms with Gasteiger partial charge >= 0.3 is 0 Å². The van der Waals surface area contributed by atoms with Gasteiger partial charge in [0.1, 0.15) is 5.82 Å². The fourth-order valence-corrected chi connectivity index (χ4v) is 5.57. The number of aryl methyl sites for hydroxylation is 1. The predicted octanol–water partition coefficient (Wildman–Crippen LogP) is 6.89. The van der Waals surface area contributed by atoms with E-state index in [0.29, 0.717) is 15.8 Å². The van der Waals surface area contributed by atoms with Crippen LogP contribution >= 0.6 is 46.3 Å². The fourth-order valence-electron chi connectivity index (χ4n) is 3.39. The van der Waals surface area contributed by atoms with Crippen LogP contribution in [0.3, 0.4) is 0 Å². The number of anilines is 1. The van der Waals surface area contributed by atoms with Crippen LogP contribution in [0.5, 0.6) is 0 Å². The van der Waals surface area contributed by atoms with Crippen molar-refractivity contribution in [2.24, 2.45) is 7.05 Å². The summed E-state index contributed by atoms with van der Waals surface area (Å²) < 4.78 is 3.98. The van der Waals surface area contributed by atoms with E-state index in [-0.39, 0.29) is 5.91 Å². The third-order valence-corrected chi connectivity index (χ3v) is 7.85. The van der Waals surface area contributed by atoms with Crippen molar-refractivity contribution in [1.82, 2.24) is 14.5 Å². The number of hydrogen-bond donors (Lipinski definition) is 1. The van der Waals surface area contributed by atoms with E-state index in [2.05, 4.69) is 15.3 Å². The molecule has 0 radical (unpaired) electrons. The number of para-hydroxylation sites is 1. The Labute approximate surface area is 202 Å². The lowest BCUT2D eigenvalue weighted by atomic mass is 10.2. The second-order valence-electron chi connectivity index (χ2n) is 7.11. The summed E-state index contributed by atoms with van der Waals surface area (Å²) in [7, 11) is 1.93. The number of hydrogen-bond acceptors (Lipinski definition) is 5. The number of amides is 1. The molecule has 160 valence electrons. The van der Waals surface area contributed by atoms with E-state index in [9.17, 15) is 4.79 Å². The zero-order chi connectivity index (χ0) is 22.2. The standard InChI is InChI=1S/C23H16Cl2N4OS2/c1-29-19-11-16(25)15(24)10-18(19)27-22(29)13-6-8-14(9-7-13)26-21(30)12-31-23-28-17-4-2-3-5-20(17)32-23/h2-11H,12H2,1H3,(H,26,30). The maximum Gasteiger partial charge on any atom is 0.234 e. The van der Waals surface area contributed by atoms with Crippen molar-refractivity contribution in [2.45, 2.75) is 4.34 Å². The summed E-state index contributed by atoms with van der Waals surface area (Å²) >= 11 is 15.3. The number of carbonyl (C=O) groups is 1. The summed E-state index contributed by atoms with van der Waals surface area (Å²) in [6.07, 6.45) is 0. The van der Waals surface area contributed by atoms with Crippen LogP contribution in [-0.2, 0) is 11.8 Å². The molecule has 3 aromatic carbocycles. The monoisotopic (exact) mass is 498 g/mol. The second-order valence-corrected chi connectivity index (χ2v) is 10.2. The normalized spacial score (nSPS) is 11.3. The molecule has 2 aromatic heterocycles. The number of benzene rings is 3. The molecule has 5 aromatic rings. The lowest BCUT2D eigenvalue weighted by Crippen LogP contribution is -2.13. The van der Waals surface area contributed by atoms with Crippen LogP contribution in [0.2, 0.25) is 10.0 Å². The first-order chi connectivity index (χ1) is 15.5. The van der Waals surface area contributed by atoms with Gasteiger partial charge in [-0.15, -0.1) is 11.3 Å². The minimum absolute atomic E-state index is 0.0750. The van der Waals surface area contributed by atoms with E-state index in [1.165, 1.54) is 11.8 Å². The molecule has 0 saturated heterocycles. The van der Waals surface area contributed by atoms with E-state index in [1.807, 2.05) is 66.2 Å². The van der Waals surface area contributed by atoms with Crippen LogP contribution in [0.15, 0.2) is 65.0 Å². The molecule has 1 amide bonds. The molecule has 0 atom stereocenters. The van der Waals surface area contributed by atoms with Crippen molar-refractivity contribution in [1.29, 1.82) is 0 Å². The number of nitrogens with zero attached hydrogens (tertiary/aromatic N) is 3. The summed E-state index contributed by atoms with van der Waals surface area (Å²) in [6.45, 7) is 0. The average Bonchev–Trinajstić information content (AvgIpc) is 3.34. The summed E-state index contributed by atoms with van der Waals surface area (Å²) in [4.78, 5) is 21.6. The first-order valence-corrected chi connectivity index (χ1v) is 12.2. The topological polar surface area (TPSA) is 59.8 Å². The minimum atomic E-state index is -0.0750. The molecule has 0 saturated carbocycles. The van der Waals surface area contributed by atoms with Crippen molar-refractivity contribution in [3.8, 4) is 11.4 Å². The highest BCUT2D eigenvalue weighted by atomic mass is 35.5. The van der Waals surface area contributed by atoms with E-state index < -0.39 is 0 Å². The van der Waals surface area contributed by atoms with Crippen LogP contribution < -0.4 is 5.32 Å². The number of aromatic nitrogens is 3. The molecule has 0 unspecified atom stereocenters. The number of imidazole rings is 1. The molecule has 0 spiro atoms. The highest BCUT2D eigenvalue weighted by molar-refractivity contribution is 8.01. The molecule has 0 aliphatic rings. The molecule has 9 heteroatoms. The Morgan fingerprint density at radius 1 is 1.03 bits per heavy atom. The van der Waals surface area contributed by atoms with E-state index in [1.54, 1.807) is 17.4 Å². The number of fused-ring (bicyclic) bond motifs is 2. The molecular formula is C23H16Cl2N4OS2. The molecular weight excluding hydrogens is 483 g/mol.